The lowest BCUT2D eigenvalue weighted by molar-refractivity contribution is 0.187. The maximum absolute atomic E-state index is 5.55. The smallest absolute Gasteiger partial charge is 0.401 e. The molecule has 2 unspecified atom stereocenters. The third-order valence-corrected chi connectivity index (χ3v) is 2.18. The van der Waals surface area contributed by atoms with Gasteiger partial charge in [0, 0.05) is 6.20 Å². The minimum absolute atomic E-state index is 0.125. The highest BCUT2D eigenvalue weighted by molar-refractivity contribution is 6.60. The van der Waals surface area contributed by atoms with Crippen LogP contribution in [0.3, 0.4) is 0 Å². The van der Waals surface area contributed by atoms with E-state index in [2.05, 4.69) is 9.97 Å². The van der Waals surface area contributed by atoms with E-state index in [9.17, 15) is 0 Å². The fourth-order valence-corrected chi connectivity index (χ4v) is 1.22. The second-order valence-corrected chi connectivity index (χ2v) is 3.15. The van der Waals surface area contributed by atoms with Gasteiger partial charge in [-0.15, -0.1) is 0 Å². The average molecular weight is 178 g/mol. The molecule has 2 rings (SSSR count). The highest BCUT2D eigenvalue weighted by Gasteiger charge is 2.36. The Morgan fingerprint density at radius 2 is 2.00 bits per heavy atom. The third kappa shape index (κ3) is 1.71. The normalized spacial score (nSPS) is 28.0. The van der Waals surface area contributed by atoms with Crippen molar-refractivity contribution in [3.05, 3.63) is 18.6 Å². The van der Waals surface area contributed by atoms with Crippen LogP contribution in [0.4, 0.5) is 0 Å². The van der Waals surface area contributed by atoms with Crippen molar-refractivity contribution < 1.29 is 9.31 Å². The zero-order valence-corrected chi connectivity index (χ0v) is 7.68. The van der Waals surface area contributed by atoms with E-state index in [1.807, 2.05) is 13.8 Å². The maximum atomic E-state index is 5.55. The molecule has 0 amide bonds. The quantitative estimate of drug-likeness (QED) is 0.567. The van der Waals surface area contributed by atoms with Gasteiger partial charge in [-0.05, 0) is 19.9 Å². The molecule has 1 saturated heterocycles. The summed E-state index contributed by atoms with van der Waals surface area (Å²) in [6, 6.07) is 1.80. The van der Waals surface area contributed by atoms with Gasteiger partial charge in [-0.3, -0.25) is 0 Å². The molecule has 1 fully saturated rings. The van der Waals surface area contributed by atoms with Crippen molar-refractivity contribution in [2.45, 2.75) is 26.1 Å². The van der Waals surface area contributed by atoms with Crippen LogP contribution in [0.25, 0.3) is 0 Å². The van der Waals surface area contributed by atoms with E-state index in [4.69, 9.17) is 9.31 Å². The van der Waals surface area contributed by atoms with E-state index in [1.165, 1.54) is 6.33 Å². The molecule has 2 heterocycles. The summed E-state index contributed by atoms with van der Waals surface area (Å²) in [4.78, 5) is 7.90. The van der Waals surface area contributed by atoms with Gasteiger partial charge in [0.15, 0.2) is 0 Å². The van der Waals surface area contributed by atoms with Crippen LogP contribution >= 0.6 is 0 Å². The van der Waals surface area contributed by atoms with Gasteiger partial charge in [0.1, 0.15) is 6.33 Å². The largest absolute Gasteiger partial charge is 0.514 e. The lowest BCUT2D eigenvalue weighted by Gasteiger charge is -2.04. The molecule has 0 aromatic carbocycles. The number of aromatic nitrogens is 2. The molecular weight excluding hydrogens is 167 g/mol. The highest BCUT2D eigenvalue weighted by Crippen LogP contribution is 2.14. The van der Waals surface area contributed by atoms with Crippen LogP contribution in [0.15, 0.2) is 18.6 Å². The number of hydrogen-bond donors (Lipinski definition) is 0. The molecule has 1 aliphatic heterocycles. The zero-order valence-electron chi connectivity index (χ0n) is 7.68. The third-order valence-electron chi connectivity index (χ3n) is 2.18. The summed E-state index contributed by atoms with van der Waals surface area (Å²) >= 11 is 0. The number of hydrogen-bond acceptors (Lipinski definition) is 4. The van der Waals surface area contributed by atoms with Crippen LogP contribution in [0.5, 0.6) is 0 Å². The molecule has 0 spiro atoms. The summed E-state index contributed by atoms with van der Waals surface area (Å²) in [6.07, 6.45) is 3.43. The minimum atomic E-state index is -0.326. The predicted molar refractivity (Wildman–Crippen MR) is 48.5 cm³/mol. The van der Waals surface area contributed by atoms with Gasteiger partial charge in [-0.2, -0.15) is 0 Å². The lowest BCUT2D eigenvalue weighted by atomic mass is 9.85. The Labute approximate surface area is 77.4 Å². The Hall–Kier alpha value is -0.935. The molecule has 1 aromatic heterocycles. The fraction of sp³-hybridized carbons (Fsp3) is 0.500. The second-order valence-electron chi connectivity index (χ2n) is 3.15. The van der Waals surface area contributed by atoms with Gasteiger partial charge in [0.2, 0.25) is 0 Å². The van der Waals surface area contributed by atoms with Crippen molar-refractivity contribution >= 4 is 12.7 Å². The molecular formula is C8H11BN2O2. The van der Waals surface area contributed by atoms with E-state index < -0.39 is 0 Å². The molecule has 0 saturated carbocycles. The van der Waals surface area contributed by atoms with Crippen LogP contribution in [0.2, 0.25) is 0 Å². The van der Waals surface area contributed by atoms with Gasteiger partial charge >= 0.3 is 7.12 Å². The van der Waals surface area contributed by atoms with E-state index >= 15 is 0 Å². The predicted octanol–water partition coefficient (Wildman–Crippen LogP) is -0.00440. The molecule has 0 N–H and O–H groups in total. The molecule has 1 aromatic rings. The average Bonchev–Trinajstić information content (AvgIpc) is 2.49. The fourth-order valence-electron chi connectivity index (χ4n) is 1.22. The molecule has 0 bridgehead atoms. The topological polar surface area (TPSA) is 44.2 Å². The van der Waals surface area contributed by atoms with Gasteiger partial charge in [0.05, 0.1) is 17.8 Å². The summed E-state index contributed by atoms with van der Waals surface area (Å²) < 4.78 is 11.1. The van der Waals surface area contributed by atoms with Gasteiger partial charge in [-0.25, -0.2) is 9.97 Å². The minimum Gasteiger partial charge on any atom is -0.401 e. The standard InChI is InChI=1S/C8H11BN2O2/c1-6-7(2)13-9(12-6)8-3-4-10-5-11-8/h3-7H,1-2H3. The molecule has 68 valence electrons. The first-order chi connectivity index (χ1) is 6.27. The highest BCUT2D eigenvalue weighted by atomic mass is 16.7. The Morgan fingerprint density at radius 3 is 2.54 bits per heavy atom. The van der Waals surface area contributed by atoms with Crippen molar-refractivity contribution in [2.75, 3.05) is 0 Å². The van der Waals surface area contributed by atoms with E-state index in [1.54, 1.807) is 12.3 Å². The summed E-state index contributed by atoms with van der Waals surface area (Å²) in [5, 5.41) is 0. The van der Waals surface area contributed by atoms with Crippen LogP contribution in [-0.4, -0.2) is 29.3 Å². The molecule has 0 aliphatic carbocycles. The van der Waals surface area contributed by atoms with Crippen LogP contribution in [0.1, 0.15) is 13.8 Å². The first kappa shape index (κ1) is 8.65. The summed E-state index contributed by atoms with van der Waals surface area (Å²) in [5.74, 6) is 0. The molecule has 2 atom stereocenters. The van der Waals surface area contributed by atoms with Gasteiger partial charge in [-0.1, -0.05) is 0 Å². The Balaban J connectivity index is 2.12. The molecule has 13 heavy (non-hydrogen) atoms. The molecule has 4 nitrogen and oxygen atoms in total. The van der Waals surface area contributed by atoms with Crippen molar-refractivity contribution in [2.24, 2.45) is 0 Å². The SMILES string of the molecule is CC1OB(c2ccncn2)OC1C. The van der Waals surface area contributed by atoms with E-state index in [0.29, 0.717) is 0 Å². The van der Waals surface area contributed by atoms with Crippen molar-refractivity contribution in [1.29, 1.82) is 0 Å². The van der Waals surface area contributed by atoms with Crippen LogP contribution in [0, 0.1) is 0 Å². The van der Waals surface area contributed by atoms with Crippen molar-refractivity contribution in [3.63, 3.8) is 0 Å². The van der Waals surface area contributed by atoms with Crippen LogP contribution in [-0.2, 0) is 9.31 Å². The molecule has 5 heteroatoms. The van der Waals surface area contributed by atoms with Crippen molar-refractivity contribution in [3.8, 4) is 0 Å². The first-order valence-corrected chi connectivity index (χ1v) is 4.34. The molecule has 1 aliphatic rings. The Bertz CT molecular complexity index is 273. The monoisotopic (exact) mass is 178 g/mol. The summed E-state index contributed by atoms with van der Waals surface area (Å²) in [7, 11) is -0.326. The summed E-state index contributed by atoms with van der Waals surface area (Å²) in [6.45, 7) is 3.98. The lowest BCUT2D eigenvalue weighted by Crippen LogP contribution is -2.34. The number of rotatable bonds is 1. The van der Waals surface area contributed by atoms with Gasteiger partial charge < -0.3 is 9.31 Å². The maximum Gasteiger partial charge on any atom is 0.514 e. The van der Waals surface area contributed by atoms with Crippen LogP contribution < -0.4 is 5.59 Å². The summed E-state index contributed by atoms with van der Waals surface area (Å²) in [5.41, 5.74) is 0.784. The van der Waals surface area contributed by atoms with Crippen molar-refractivity contribution in [1.82, 2.24) is 9.97 Å². The molecule has 0 radical (unpaired) electrons. The zero-order chi connectivity index (χ0) is 9.26. The first-order valence-electron chi connectivity index (χ1n) is 4.34. The van der Waals surface area contributed by atoms with E-state index in [0.717, 1.165) is 5.59 Å². The Morgan fingerprint density at radius 1 is 1.31 bits per heavy atom. The van der Waals surface area contributed by atoms with Gasteiger partial charge in [0.25, 0.3) is 0 Å². The van der Waals surface area contributed by atoms with E-state index in [-0.39, 0.29) is 19.3 Å². The number of nitrogens with zero attached hydrogens (tertiary/aromatic N) is 2. The Kier molecular flexibility index (Phi) is 2.29. The second kappa shape index (κ2) is 3.43.